The molecular formula is C11H16N2O. The van der Waals surface area contributed by atoms with Crippen molar-refractivity contribution in [2.45, 2.75) is 30.9 Å². The predicted molar refractivity (Wildman–Crippen MR) is 55.3 cm³/mol. The zero-order chi connectivity index (χ0) is 10.0. The monoisotopic (exact) mass is 192 g/mol. The molecule has 0 saturated heterocycles. The van der Waals surface area contributed by atoms with Crippen LogP contribution in [0.15, 0.2) is 30.3 Å². The van der Waals surface area contributed by atoms with E-state index in [0.717, 1.165) is 24.8 Å². The summed E-state index contributed by atoms with van der Waals surface area (Å²) in [5.41, 5.74) is 2.88. The molecule has 1 fully saturated rings. The van der Waals surface area contributed by atoms with Gasteiger partial charge in [-0.3, -0.25) is 11.3 Å². The van der Waals surface area contributed by atoms with Gasteiger partial charge in [-0.05, 0) is 24.8 Å². The van der Waals surface area contributed by atoms with E-state index in [1.165, 1.54) is 0 Å². The zero-order valence-electron chi connectivity index (χ0n) is 8.11. The van der Waals surface area contributed by atoms with Crippen molar-refractivity contribution in [1.82, 2.24) is 5.43 Å². The topological polar surface area (TPSA) is 58.3 Å². The second-order valence-electron chi connectivity index (χ2n) is 3.90. The second kappa shape index (κ2) is 3.69. The molecule has 1 aromatic rings. The standard InChI is InChI=1S/C11H16N2O/c12-13-10-7-4-8-11(10,14)9-5-2-1-3-6-9/h1-3,5-6,10,13-14H,4,7-8,12H2. The molecule has 0 aromatic heterocycles. The molecule has 0 spiro atoms. The molecule has 2 rings (SSSR count). The third-order valence-corrected chi connectivity index (χ3v) is 3.10. The summed E-state index contributed by atoms with van der Waals surface area (Å²) in [6.07, 6.45) is 2.73. The van der Waals surface area contributed by atoms with E-state index in [0.29, 0.717) is 0 Å². The Bertz CT molecular complexity index is 301. The molecule has 4 N–H and O–H groups in total. The summed E-state index contributed by atoms with van der Waals surface area (Å²) in [5.74, 6) is 5.44. The van der Waals surface area contributed by atoms with Gasteiger partial charge in [0.05, 0.1) is 6.04 Å². The van der Waals surface area contributed by atoms with Crippen molar-refractivity contribution in [2.75, 3.05) is 0 Å². The van der Waals surface area contributed by atoms with Gasteiger partial charge in [0, 0.05) is 0 Å². The molecule has 2 atom stereocenters. The predicted octanol–water partition coefficient (Wildman–Crippen LogP) is 0.890. The lowest BCUT2D eigenvalue weighted by molar-refractivity contribution is 0.0162. The van der Waals surface area contributed by atoms with E-state index in [9.17, 15) is 5.11 Å². The Kier molecular flexibility index (Phi) is 2.54. The van der Waals surface area contributed by atoms with Crippen LogP contribution in [0.3, 0.4) is 0 Å². The van der Waals surface area contributed by atoms with Crippen LogP contribution in [0.5, 0.6) is 0 Å². The molecule has 0 aliphatic heterocycles. The molecule has 0 heterocycles. The first kappa shape index (κ1) is 9.65. The van der Waals surface area contributed by atoms with Crippen LogP contribution in [0.1, 0.15) is 24.8 Å². The highest BCUT2D eigenvalue weighted by Crippen LogP contribution is 2.38. The molecule has 1 aliphatic rings. The van der Waals surface area contributed by atoms with Gasteiger partial charge in [-0.1, -0.05) is 30.3 Å². The zero-order valence-corrected chi connectivity index (χ0v) is 8.11. The summed E-state index contributed by atoms with van der Waals surface area (Å²) >= 11 is 0. The Morgan fingerprint density at radius 3 is 2.71 bits per heavy atom. The van der Waals surface area contributed by atoms with Gasteiger partial charge in [-0.2, -0.15) is 0 Å². The SMILES string of the molecule is NNC1CCCC1(O)c1ccccc1. The normalized spacial score (nSPS) is 32.0. The van der Waals surface area contributed by atoms with E-state index in [1.54, 1.807) is 0 Å². The van der Waals surface area contributed by atoms with Crippen LogP contribution in [-0.4, -0.2) is 11.1 Å². The minimum Gasteiger partial charge on any atom is -0.383 e. The average Bonchev–Trinajstić information content (AvgIpc) is 2.62. The maximum atomic E-state index is 10.5. The van der Waals surface area contributed by atoms with Gasteiger partial charge in [0.2, 0.25) is 0 Å². The average molecular weight is 192 g/mol. The molecule has 3 heteroatoms. The Balaban J connectivity index is 2.31. The Morgan fingerprint density at radius 2 is 2.07 bits per heavy atom. The number of nitrogens with one attached hydrogen (secondary N) is 1. The Hall–Kier alpha value is -0.900. The van der Waals surface area contributed by atoms with Crippen LogP contribution in [0.4, 0.5) is 0 Å². The van der Waals surface area contributed by atoms with Gasteiger partial charge in [-0.15, -0.1) is 0 Å². The van der Waals surface area contributed by atoms with Gasteiger partial charge in [0.15, 0.2) is 0 Å². The lowest BCUT2D eigenvalue weighted by Crippen LogP contribution is -2.47. The molecule has 14 heavy (non-hydrogen) atoms. The minimum absolute atomic E-state index is 0.0232. The molecule has 0 radical (unpaired) electrons. The van der Waals surface area contributed by atoms with E-state index >= 15 is 0 Å². The van der Waals surface area contributed by atoms with Crippen LogP contribution in [0.2, 0.25) is 0 Å². The van der Waals surface area contributed by atoms with Crippen molar-refractivity contribution >= 4 is 0 Å². The summed E-state index contributed by atoms with van der Waals surface area (Å²) in [5, 5.41) is 10.5. The van der Waals surface area contributed by atoms with E-state index < -0.39 is 5.60 Å². The third kappa shape index (κ3) is 1.43. The van der Waals surface area contributed by atoms with Crippen LogP contribution < -0.4 is 11.3 Å². The molecule has 1 saturated carbocycles. The van der Waals surface area contributed by atoms with E-state index in [4.69, 9.17) is 5.84 Å². The van der Waals surface area contributed by atoms with Crippen molar-refractivity contribution in [1.29, 1.82) is 0 Å². The highest BCUT2D eigenvalue weighted by atomic mass is 16.3. The second-order valence-corrected chi connectivity index (χ2v) is 3.90. The number of hydrogen-bond acceptors (Lipinski definition) is 3. The number of hydrazine groups is 1. The molecule has 3 nitrogen and oxygen atoms in total. The summed E-state index contributed by atoms with van der Waals surface area (Å²) in [4.78, 5) is 0. The quantitative estimate of drug-likeness (QED) is 0.482. The van der Waals surface area contributed by atoms with Crippen LogP contribution in [-0.2, 0) is 5.60 Å². The summed E-state index contributed by atoms with van der Waals surface area (Å²) < 4.78 is 0. The van der Waals surface area contributed by atoms with Gasteiger partial charge in [-0.25, -0.2) is 0 Å². The maximum Gasteiger partial charge on any atom is 0.106 e. The van der Waals surface area contributed by atoms with Crippen molar-refractivity contribution in [2.24, 2.45) is 5.84 Å². The minimum atomic E-state index is -0.782. The first-order valence-corrected chi connectivity index (χ1v) is 5.01. The van der Waals surface area contributed by atoms with E-state index in [2.05, 4.69) is 5.43 Å². The van der Waals surface area contributed by atoms with Crippen molar-refractivity contribution in [3.8, 4) is 0 Å². The first-order chi connectivity index (χ1) is 6.77. The van der Waals surface area contributed by atoms with E-state index in [-0.39, 0.29) is 6.04 Å². The fourth-order valence-electron chi connectivity index (χ4n) is 2.28. The van der Waals surface area contributed by atoms with Gasteiger partial charge in [0.1, 0.15) is 5.60 Å². The molecular weight excluding hydrogens is 176 g/mol. The van der Waals surface area contributed by atoms with Crippen LogP contribution in [0.25, 0.3) is 0 Å². The van der Waals surface area contributed by atoms with Crippen LogP contribution in [0, 0.1) is 0 Å². The van der Waals surface area contributed by atoms with Gasteiger partial charge in [0.25, 0.3) is 0 Å². The fourth-order valence-corrected chi connectivity index (χ4v) is 2.28. The highest BCUT2D eigenvalue weighted by molar-refractivity contribution is 5.25. The summed E-state index contributed by atoms with van der Waals surface area (Å²) in [7, 11) is 0. The smallest absolute Gasteiger partial charge is 0.106 e. The lowest BCUT2D eigenvalue weighted by atomic mass is 9.89. The summed E-state index contributed by atoms with van der Waals surface area (Å²) in [6.45, 7) is 0. The van der Waals surface area contributed by atoms with Crippen molar-refractivity contribution in [3.63, 3.8) is 0 Å². The number of benzene rings is 1. The molecule has 76 valence electrons. The number of hydrogen-bond donors (Lipinski definition) is 3. The van der Waals surface area contributed by atoms with Crippen molar-refractivity contribution in [3.05, 3.63) is 35.9 Å². The van der Waals surface area contributed by atoms with Crippen molar-refractivity contribution < 1.29 is 5.11 Å². The Labute approximate surface area is 83.9 Å². The third-order valence-electron chi connectivity index (χ3n) is 3.10. The number of nitrogens with two attached hydrogens (primary N) is 1. The lowest BCUT2D eigenvalue weighted by Gasteiger charge is -2.30. The number of rotatable bonds is 2. The molecule has 1 aliphatic carbocycles. The highest BCUT2D eigenvalue weighted by Gasteiger charge is 2.41. The Morgan fingerprint density at radius 1 is 1.36 bits per heavy atom. The number of aliphatic hydroxyl groups is 1. The molecule has 1 aromatic carbocycles. The van der Waals surface area contributed by atoms with Crippen LogP contribution >= 0.6 is 0 Å². The largest absolute Gasteiger partial charge is 0.383 e. The molecule has 0 bridgehead atoms. The molecule has 2 unspecified atom stereocenters. The summed E-state index contributed by atoms with van der Waals surface area (Å²) in [6, 6.07) is 9.72. The van der Waals surface area contributed by atoms with Gasteiger partial charge >= 0.3 is 0 Å². The van der Waals surface area contributed by atoms with E-state index in [1.807, 2.05) is 30.3 Å². The van der Waals surface area contributed by atoms with Gasteiger partial charge < -0.3 is 5.11 Å². The first-order valence-electron chi connectivity index (χ1n) is 5.01. The maximum absolute atomic E-state index is 10.5. The fraction of sp³-hybridized carbons (Fsp3) is 0.455. The molecule has 0 amide bonds.